The van der Waals surface area contributed by atoms with E-state index in [4.69, 9.17) is 4.74 Å². The van der Waals surface area contributed by atoms with Crippen LogP contribution in [-0.4, -0.2) is 44.7 Å². The Bertz CT molecular complexity index is 392. The van der Waals surface area contributed by atoms with Crippen LogP contribution in [0.1, 0.15) is 19.3 Å². The second kappa shape index (κ2) is 8.65. The molecule has 1 aliphatic heterocycles. The summed E-state index contributed by atoms with van der Waals surface area (Å²) in [6.07, 6.45) is 3.98. The smallest absolute Gasteiger partial charge is 0.120 e. The van der Waals surface area contributed by atoms with Gasteiger partial charge in [-0.3, -0.25) is 4.90 Å². The van der Waals surface area contributed by atoms with E-state index in [-0.39, 0.29) is 0 Å². The monoisotopic (exact) mass is 340 g/mol. The first kappa shape index (κ1) is 15.8. The fourth-order valence-corrected chi connectivity index (χ4v) is 3.07. The second-order valence-electron chi connectivity index (χ2n) is 5.48. The summed E-state index contributed by atoms with van der Waals surface area (Å²) in [4.78, 5) is 2.52. The molecule has 4 heteroatoms. The van der Waals surface area contributed by atoms with Gasteiger partial charge in [-0.15, -0.1) is 0 Å². The minimum absolute atomic E-state index is 0.775. The third-order valence-electron chi connectivity index (χ3n) is 3.98. The summed E-state index contributed by atoms with van der Waals surface area (Å²) < 4.78 is 6.87. The standard InChI is InChI=1S/C16H25BrN2O/c1-18-8-5-14-6-9-19(10-7-14)11-12-20-16-4-2-3-15(17)13-16/h2-4,13-14,18H,5-12H2,1H3. The van der Waals surface area contributed by atoms with Crippen LogP contribution >= 0.6 is 15.9 Å². The number of hydrogen-bond donors (Lipinski definition) is 1. The lowest BCUT2D eigenvalue weighted by Crippen LogP contribution is -2.37. The number of rotatable bonds is 7. The Morgan fingerprint density at radius 1 is 1.35 bits per heavy atom. The number of halogens is 1. The fourth-order valence-electron chi connectivity index (χ4n) is 2.70. The van der Waals surface area contributed by atoms with Gasteiger partial charge >= 0.3 is 0 Å². The van der Waals surface area contributed by atoms with Crippen LogP contribution in [0, 0.1) is 5.92 Å². The van der Waals surface area contributed by atoms with Crippen molar-refractivity contribution in [2.75, 3.05) is 39.8 Å². The Hall–Kier alpha value is -0.580. The van der Waals surface area contributed by atoms with Crippen molar-refractivity contribution >= 4 is 15.9 Å². The number of benzene rings is 1. The zero-order chi connectivity index (χ0) is 14.2. The minimum atomic E-state index is 0.775. The molecular weight excluding hydrogens is 316 g/mol. The van der Waals surface area contributed by atoms with Gasteiger partial charge in [0.2, 0.25) is 0 Å². The molecule has 1 saturated heterocycles. The van der Waals surface area contributed by atoms with Crippen molar-refractivity contribution < 1.29 is 4.74 Å². The molecule has 0 radical (unpaired) electrons. The van der Waals surface area contributed by atoms with Gasteiger partial charge < -0.3 is 10.1 Å². The zero-order valence-corrected chi connectivity index (χ0v) is 13.9. The summed E-state index contributed by atoms with van der Waals surface area (Å²) in [6.45, 7) is 5.39. The van der Waals surface area contributed by atoms with E-state index in [0.717, 1.165) is 35.8 Å². The van der Waals surface area contributed by atoms with Gasteiger partial charge in [0.25, 0.3) is 0 Å². The van der Waals surface area contributed by atoms with Crippen LogP contribution < -0.4 is 10.1 Å². The highest BCUT2D eigenvalue weighted by atomic mass is 79.9. The second-order valence-corrected chi connectivity index (χ2v) is 6.40. The normalized spacial score (nSPS) is 17.3. The highest BCUT2D eigenvalue weighted by Gasteiger charge is 2.18. The number of hydrogen-bond acceptors (Lipinski definition) is 3. The fraction of sp³-hybridized carbons (Fsp3) is 0.625. The lowest BCUT2D eigenvalue weighted by molar-refractivity contribution is 0.151. The Kier molecular flexibility index (Phi) is 6.83. The summed E-state index contributed by atoms with van der Waals surface area (Å²) >= 11 is 3.46. The molecule has 1 aromatic carbocycles. The molecule has 20 heavy (non-hydrogen) atoms. The van der Waals surface area contributed by atoms with Crippen LogP contribution in [0.4, 0.5) is 0 Å². The first-order chi connectivity index (χ1) is 9.78. The van der Waals surface area contributed by atoms with Gasteiger partial charge in [-0.05, 0) is 70.1 Å². The van der Waals surface area contributed by atoms with Crippen molar-refractivity contribution in [3.63, 3.8) is 0 Å². The largest absolute Gasteiger partial charge is 0.492 e. The van der Waals surface area contributed by atoms with Crippen LogP contribution in [0.5, 0.6) is 5.75 Å². The quantitative estimate of drug-likeness (QED) is 0.825. The molecule has 1 aliphatic rings. The molecule has 0 unspecified atom stereocenters. The van der Waals surface area contributed by atoms with E-state index < -0.39 is 0 Å². The molecular formula is C16H25BrN2O. The van der Waals surface area contributed by atoms with Crippen LogP contribution in [-0.2, 0) is 0 Å². The van der Waals surface area contributed by atoms with E-state index >= 15 is 0 Å². The molecule has 1 heterocycles. The zero-order valence-electron chi connectivity index (χ0n) is 12.3. The molecule has 1 aromatic rings. The maximum absolute atomic E-state index is 5.80. The van der Waals surface area contributed by atoms with Crippen molar-refractivity contribution in [3.8, 4) is 5.75 Å². The molecule has 0 aromatic heterocycles. The van der Waals surface area contributed by atoms with Crippen molar-refractivity contribution in [2.24, 2.45) is 5.92 Å². The highest BCUT2D eigenvalue weighted by molar-refractivity contribution is 9.10. The van der Waals surface area contributed by atoms with Gasteiger partial charge in [-0.25, -0.2) is 0 Å². The van der Waals surface area contributed by atoms with Crippen LogP contribution in [0.3, 0.4) is 0 Å². The SMILES string of the molecule is CNCCC1CCN(CCOc2cccc(Br)c2)CC1. The molecule has 112 valence electrons. The maximum atomic E-state index is 5.80. The predicted octanol–water partition coefficient (Wildman–Crippen LogP) is 3.15. The van der Waals surface area contributed by atoms with E-state index in [1.807, 2.05) is 31.3 Å². The van der Waals surface area contributed by atoms with E-state index in [9.17, 15) is 0 Å². The van der Waals surface area contributed by atoms with E-state index in [2.05, 4.69) is 26.1 Å². The highest BCUT2D eigenvalue weighted by Crippen LogP contribution is 2.20. The first-order valence-corrected chi connectivity index (χ1v) is 8.32. The average Bonchev–Trinajstić information content (AvgIpc) is 2.46. The van der Waals surface area contributed by atoms with Gasteiger partial charge in [0.1, 0.15) is 12.4 Å². The summed E-state index contributed by atoms with van der Waals surface area (Å²) in [7, 11) is 2.04. The van der Waals surface area contributed by atoms with Crippen molar-refractivity contribution in [3.05, 3.63) is 28.7 Å². The Morgan fingerprint density at radius 3 is 2.85 bits per heavy atom. The number of ether oxygens (including phenoxy) is 1. The summed E-state index contributed by atoms with van der Waals surface area (Å²) in [5.41, 5.74) is 0. The molecule has 0 saturated carbocycles. The first-order valence-electron chi connectivity index (χ1n) is 7.53. The summed E-state index contributed by atoms with van der Waals surface area (Å²) in [5.74, 6) is 1.85. The Labute approximate surface area is 130 Å². The molecule has 0 atom stereocenters. The van der Waals surface area contributed by atoms with E-state index in [1.165, 1.54) is 32.4 Å². The number of nitrogens with one attached hydrogen (secondary N) is 1. The Balaban J connectivity index is 1.61. The lowest BCUT2D eigenvalue weighted by atomic mass is 9.93. The van der Waals surface area contributed by atoms with Crippen LogP contribution in [0.25, 0.3) is 0 Å². The van der Waals surface area contributed by atoms with Gasteiger partial charge in [0.05, 0.1) is 0 Å². The third-order valence-corrected chi connectivity index (χ3v) is 4.48. The molecule has 1 N–H and O–H groups in total. The molecule has 0 amide bonds. The summed E-state index contributed by atoms with van der Waals surface area (Å²) in [6, 6.07) is 8.05. The van der Waals surface area contributed by atoms with Crippen molar-refractivity contribution in [1.82, 2.24) is 10.2 Å². The van der Waals surface area contributed by atoms with Gasteiger partial charge in [0.15, 0.2) is 0 Å². The minimum Gasteiger partial charge on any atom is -0.492 e. The third kappa shape index (κ3) is 5.43. The number of likely N-dealkylation sites (tertiary alicyclic amines) is 1. The summed E-state index contributed by atoms with van der Waals surface area (Å²) in [5, 5.41) is 3.25. The van der Waals surface area contributed by atoms with Crippen molar-refractivity contribution in [2.45, 2.75) is 19.3 Å². The van der Waals surface area contributed by atoms with Gasteiger partial charge in [0, 0.05) is 11.0 Å². The van der Waals surface area contributed by atoms with Crippen molar-refractivity contribution in [1.29, 1.82) is 0 Å². The Morgan fingerprint density at radius 2 is 2.15 bits per heavy atom. The predicted molar refractivity (Wildman–Crippen MR) is 87.3 cm³/mol. The molecule has 1 fully saturated rings. The molecule has 0 bridgehead atoms. The lowest BCUT2D eigenvalue weighted by Gasteiger charge is -2.31. The van der Waals surface area contributed by atoms with E-state index in [0.29, 0.717) is 0 Å². The molecule has 0 aliphatic carbocycles. The topological polar surface area (TPSA) is 24.5 Å². The number of nitrogens with zero attached hydrogens (tertiary/aromatic N) is 1. The average molecular weight is 341 g/mol. The van der Waals surface area contributed by atoms with Gasteiger partial charge in [-0.2, -0.15) is 0 Å². The molecule has 0 spiro atoms. The molecule has 2 rings (SSSR count). The van der Waals surface area contributed by atoms with Crippen LogP contribution in [0.2, 0.25) is 0 Å². The maximum Gasteiger partial charge on any atom is 0.120 e. The number of piperidine rings is 1. The van der Waals surface area contributed by atoms with Crippen LogP contribution in [0.15, 0.2) is 28.7 Å². The molecule has 3 nitrogen and oxygen atoms in total. The van der Waals surface area contributed by atoms with E-state index in [1.54, 1.807) is 0 Å². The van der Waals surface area contributed by atoms with Gasteiger partial charge in [-0.1, -0.05) is 22.0 Å².